The molecule has 4 rings (SSSR count). The minimum absolute atomic E-state index is 0.0178. The second kappa shape index (κ2) is 22.1. The van der Waals surface area contributed by atoms with Gasteiger partial charge in [0, 0.05) is 37.3 Å². The molecule has 360 valence electrons. The van der Waals surface area contributed by atoms with Gasteiger partial charge in [-0.1, -0.05) is 63.2 Å². The average Bonchev–Trinajstić information content (AvgIpc) is 3.23. The maximum Gasteiger partial charge on any atom is 0.347 e. The lowest BCUT2D eigenvalue weighted by Gasteiger charge is -2.49. The van der Waals surface area contributed by atoms with Crippen molar-refractivity contribution in [2.45, 2.75) is 186 Å². The van der Waals surface area contributed by atoms with Crippen LogP contribution in [0, 0.1) is 23.7 Å². The highest BCUT2D eigenvalue weighted by Crippen LogP contribution is 2.41. The maximum atomic E-state index is 14.4. The fraction of sp³-hybridized carbons (Fsp3) is 0.804. The molecule has 0 amide bonds. The third-order valence-electron chi connectivity index (χ3n) is 13.5. The smallest absolute Gasteiger partial charge is 0.347 e. The second-order valence-electron chi connectivity index (χ2n) is 19.0. The number of oxime groups is 1. The Balaban J connectivity index is 1.81. The summed E-state index contributed by atoms with van der Waals surface area (Å²) in [6, 6.07) is 8.77. The van der Waals surface area contributed by atoms with E-state index in [1.54, 1.807) is 55.4 Å². The third kappa shape index (κ3) is 12.8. The van der Waals surface area contributed by atoms with Crippen molar-refractivity contribution in [3.63, 3.8) is 0 Å². The molecule has 17 nitrogen and oxygen atoms in total. The Morgan fingerprint density at radius 3 is 2.17 bits per heavy atom. The molecule has 0 spiro atoms. The lowest BCUT2D eigenvalue weighted by Crippen LogP contribution is -2.61. The molecule has 0 aromatic heterocycles. The fourth-order valence-electron chi connectivity index (χ4n) is 9.53. The normalized spacial score (nSPS) is 42.9. The van der Waals surface area contributed by atoms with E-state index in [0.29, 0.717) is 6.42 Å². The zero-order valence-electron chi connectivity index (χ0n) is 39.5. The molecule has 1 aromatic carbocycles. The van der Waals surface area contributed by atoms with Crippen molar-refractivity contribution in [2.75, 3.05) is 27.8 Å². The zero-order chi connectivity index (χ0) is 47.2. The number of cyclic esters (lactones) is 1. The van der Waals surface area contributed by atoms with E-state index in [1.807, 2.05) is 56.3 Å². The van der Waals surface area contributed by atoms with Crippen LogP contribution < -0.4 is 0 Å². The molecule has 0 saturated carbocycles. The van der Waals surface area contributed by atoms with Crippen molar-refractivity contribution in [1.82, 2.24) is 4.90 Å². The Kier molecular flexibility index (Phi) is 18.5. The molecule has 3 aliphatic heterocycles. The predicted molar refractivity (Wildman–Crippen MR) is 231 cm³/mol. The van der Waals surface area contributed by atoms with Crippen LogP contribution in [-0.2, 0) is 54.2 Å². The van der Waals surface area contributed by atoms with Crippen LogP contribution in [-0.4, -0.2) is 160 Å². The molecule has 17 heteroatoms. The van der Waals surface area contributed by atoms with E-state index >= 15 is 0 Å². The highest BCUT2D eigenvalue weighted by molar-refractivity contribution is 5.89. The van der Waals surface area contributed by atoms with Crippen LogP contribution >= 0.6 is 0 Å². The molecule has 3 aliphatic rings. The predicted octanol–water partition coefficient (Wildman–Crippen LogP) is 3.33. The summed E-state index contributed by atoms with van der Waals surface area (Å²) >= 11 is 0. The van der Waals surface area contributed by atoms with E-state index < -0.39 is 114 Å². The van der Waals surface area contributed by atoms with Gasteiger partial charge in [0.1, 0.15) is 30.5 Å². The first-order chi connectivity index (χ1) is 29.4. The summed E-state index contributed by atoms with van der Waals surface area (Å²) in [5.41, 5.74) is -3.99. The minimum Gasteiger partial charge on any atom is -0.459 e. The number of carbonyl (C=O) groups excluding carboxylic acids is 2. The number of aliphatic hydroxyl groups excluding tert-OH is 3. The van der Waals surface area contributed by atoms with Crippen LogP contribution in [0.1, 0.15) is 100 Å². The highest BCUT2D eigenvalue weighted by atomic mass is 16.7. The quantitative estimate of drug-likeness (QED) is 0.150. The molecule has 3 saturated heterocycles. The summed E-state index contributed by atoms with van der Waals surface area (Å²) in [6.07, 6.45) is -10.1. The Labute approximate surface area is 373 Å². The summed E-state index contributed by atoms with van der Waals surface area (Å²) in [6.45, 7) is 16.1. The van der Waals surface area contributed by atoms with E-state index in [-0.39, 0.29) is 43.7 Å². The van der Waals surface area contributed by atoms with Gasteiger partial charge in [-0.25, -0.2) is 4.79 Å². The van der Waals surface area contributed by atoms with E-state index in [0.717, 1.165) is 5.56 Å². The first-order valence-corrected chi connectivity index (χ1v) is 22.3. The number of esters is 2. The molecule has 0 radical (unpaired) electrons. The Morgan fingerprint density at radius 1 is 0.921 bits per heavy atom. The average molecular weight is 897 g/mol. The van der Waals surface area contributed by atoms with Gasteiger partial charge in [0.15, 0.2) is 12.6 Å². The number of hydrogen-bond donors (Lipinski definition) is 5. The van der Waals surface area contributed by atoms with Crippen LogP contribution in [0.3, 0.4) is 0 Å². The first-order valence-electron chi connectivity index (χ1n) is 22.3. The van der Waals surface area contributed by atoms with Gasteiger partial charge in [-0.05, 0) is 80.5 Å². The number of rotatable bonds is 12. The van der Waals surface area contributed by atoms with Gasteiger partial charge in [-0.15, -0.1) is 0 Å². The van der Waals surface area contributed by atoms with E-state index in [1.165, 1.54) is 14.0 Å². The molecule has 63 heavy (non-hydrogen) atoms. The highest BCUT2D eigenvalue weighted by Gasteiger charge is 2.53. The summed E-state index contributed by atoms with van der Waals surface area (Å²) in [5, 5.41) is 63.9. The van der Waals surface area contributed by atoms with Gasteiger partial charge < -0.3 is 68.4 Å². The lowest BCUT2D eigenvalue weighted by atomic mass is 9.73. The van der Waals surface area contributed by atoms with Gasteiger partial charge in [-0.2, -0.15) is 0 Å². The van der Waals surface area contributed by atoms with Gasteiger partial charge in [-0.3, -0.25) is 4.79 Å². The number of nitrogens with zero attached hydrogens (tertiary/aromatic N) is 2. The van der Waals surface area contributed by atoms with Crippen LogP contribution in [0.25, 0.3) is 0 Å². The van der Waals surface area contributed by atoms with Crippen LogP contribution in [0.4, 0.5) is 0 Å². The number of likely N-dealkylation sites (N-methyl/N-ethyl adjacent to an activating group) is 1. The van der Waals surface area contributed by atoms with Crippen molar-refractivity contribution in [3.8, 4) is 0 Å². The summed E-state index contributed by atoms with van der Waals surface area (Å²) in [7, 11) is 5.18. The molecule has 18 atom stereocenters. The van der Waals surface area contributed by atoms with Gasteiger partial charge in [0.05, 0.1) is 53.4 Å². The molecular formula is C46H76N2O15. The Bertz CT molecular complexity index is 1650. The molecule has 1 aromatic rings. The fourth-order valence-corrected chi connectivity index (χ4v) is 9.53. The van der Waals surface area contributed by atoms with Gasteiger partial charge in [0.2, 0.25) is 6.61 Å². The monoisotopic (exact) mass is 897 g/mol. The molecule has 3 heterocycles. The Hall–Kier alpha value is -2.81. The number of methoxy groups -OCH3 is 1. The van der Waals surface area contributed by atoms with Crippen LogP contribution in [0.5, 0.6) is 0 Å². The van der Waals surface area contributed by atoms with Crippen LogP contribution in [0.15, 0.2) is 35.5 Å². The van der Waals surface area contributed by atoms with Crippen molar-refractivity contribution >= 4 is 17.7 Å². The van der Waals surface area contributed by atoms with Gasteiger partial charge >= 0.3 is 11.9 Å². The van der Waals surface area contributed by atoms with Crippen molar-refractivity contribution in [3.05, 3.63) is 35.9 Å². The first kappa shape index (κ1) is 52.8. The molecule has 0 bridgehead atoms. The molecule has 5 N–H and O–H groups in total. The number of benzene rings is 1. The largest absolute Gasteiger partial charge is 0.459 e. The molecular weight excluding hydrogens is 821 g/mol. The van der Waals surface area contributed by atoms with Crippen LogP contribution in [0.2, 0.25) is 0 Å². The molecule has 0 aliphatic carbocycles. The van der Waals surface area contributed by atoms with E-state index in [9.17, 15) is 35.1 Å². The standard InChI is InChI=1S/C46H76N2O15/c1-14-33-46(10,55)39(51)27(4)36(47-58-24-34(49)57-23-31-18-16-15-17-19-31)25(2)21-44(8,54)41(63-43-37(50)32(48(11)12)20-26(3)59-43)28(5)38(29(6)42(53)61-33)62-35-22-45(9,56-13)40(52)30(7)60-35/h15-19,25-30,32-33,35,37-41,43,50-52,54-55H,14,20-24H2,1-13H3/t25-,26?,27+,28+,29-,30?,32?,33-,35?,37?,38+,39-,40?,41-,43?,44-,45?,46-/m1/s1. The number of carbonyl (C=O) groups is 2. The maximum absolute atomic E-state index is 14.4. The number of aliphatic hydroxyl groups is 5. The lowest BCUT2D eigenvalue weighted by molar-refractivity contribution is -0.317. The molecule has 8 unspecified atom stereocenters. The SMILES string of the molecule is CC[C@H]1OC(=O)[C@H](C)[C@@H](OC2CC(C)(OC)C(O)C(C)O2)[C@H](C)[C@@H](OC2OC(C)CC(N(C)C)C2O)[C@](C)(O)C[C@@H](C)C(=NOCC(=O)OCc2ccccc2)[C@H](C)[C@@H](O)[C@]1(C)O. The van der Waals surface area contributed by atoms with Crippen molar-refractivity contribution in [2.24, 2.45) is 28.8 Å². The minimum atomic E-state index is -2.04. The van der Waals surface area contributed by atoms with E-state index in [4.69, 9.17) is 38.0 Å². The molecule has 3 fully saturated rings. The van der Waals surface area contributed by atoms with Gasteiger partial charge in [0.25, 0.3) is 0 Å². The van der Waals surface area contributed by atoms with Crippen molar-refractivity contribution in [1.29, 1.82) is 0 Å². The topological polar surface area (TPSA) is 225 Å². The number of ether oxygens (including phenoxy) is 7. The third-order valence-corrected chi connectivity index (χ3v) is 13.5. The summed E-state index contributed by atoms with van der Waals surface area (Å²) in [4.78, 5) is 34.6. The Morgan fingerprint density at radius 2 is 1.57 bits per heavy atom. The number of hydrogen-bond acceptors (Lipinski definition) is 17. The zero-order valence-corrected chi connectivity index (χ0v) is 39.5. The summed E-state index contributed by atoms with van der Waals surface area (Å²) < 4.78 is 43.1. The second-order valence-corrected chi connectivity index (χ2v) is 19.0. The van der Waals surface area contributed by atoms with Crippen molar-refractivity contribution < 1.29 is 73.1 Å². The van der Waals surface area contributed by atoms with E-state index in [2.05, 4.69) is 5.16 Å². The summed E-state index contributed by atoms with van der Waals surface area (Å²) in [5.74, 6) is -5.16.